The molecule has 0 aliphatic carbocycles. The van der Waals surface area contributed by atoms with Crippen molar-refractivity contribution in [2.45, 2.75) is 52.4 Å². The first-order chi connectivity index (χ1) is 14.0. The van der Waals surface area contributed by atoms with Gasteiger partial charge in [-0.2, -0.15) is 0 Å². The van der Waals surface area contributed by atoms with Gasteiger partial charge >= 0.3 is 0 Å². The van der Waals surface area contributed by atoms with E-state index >= 15 is 0 Å². The maximum Gasteiger partial charge on any atom is 0.261 e. The van der Waals surface area contributed by atoms with Crippen molar-refractivity contribution in [3.8, 4) is 5.75 Å². The summed E-state index contributed by atoms with van der Waals surface area (Å²) >= 11 is 0. The lowest BCUT2D eigenvalue weighted by molar-refractivity contribution is -0.125. The molecule has 0 saturated heterocycles. The molecular weight excluding hydrogens is 400 g/mol. The van der Waals surface area contributed by atoms with Crippen LogP contribution in [0.3, 0.4) is 0 Å². The van der Waals surface area contributed by atoms with E-state index in [0.29, 0.717) is 24.6 Å². The second-order valence-electron chi connectivity index (χ2n) is 8.68. The van der Waals surface area contributed by atoms with Crippen molar-refractivity contribution >= 4 is 27.3 Å². The first-order valence-electron chi connectivity index (χ1n) is 10.2. The summed E-state index contributed by atoms with van der Waals surface area (Å²) in [6.07, 6.45) is 1.65. The number of fused-ring (bicyclic) bond motifs is 1. The standard InChI is InChI=1S/C23H30N2O4S/c1-6-13-29-21-10-9-19(14-16(21)2)30(27,28)24-18-8-7-17-11-12-25(20(17)15-18)22(26)23(3,4)5/h7-10,14-15,24H,6,11-13H2,1-5H3. The molecule has 0 saturated carbocycles. The lowest BCUT2D eigenvalue weighted by atomic mass is 9.94. The Balaban J connectivity index is 1.85. The van der Waals surface area contributed by atoms with Gasteiger partial charge in [-0.1, -0.05) is 33.8 Å². The van der Waals surface area contributed by atoms with Gasteiger partial charge in [-0.3, -0.25) is 9.52 Å². The highest BCUT2D eigenvalue weighted by Gasteiger charge is 2.32. The Morgan fingerprint density at radius 2 is 1.90 bits per heavy atom. The smallest absolute Gasteiger partial charge is 0.261 e. The Bertz CT molecular complexity index is 1060. The number of benzene rings is 2. The third-order valence-electron chi connectivity index (χ3n) is 5.04. The average molecular weight is 431 g/mol. The zero-order valence-corrected chi connectivity index (χ0v) is 19.1. The van der Waals surface area contributed by atoms with E-state index in [-0.39, 0.29) is 10.8 Å². The Labute approximate surface area is 179 Å². The minimum atomic E-state index is -3.77. The Kier molecular flexibility index (Phi) is 6.13. The van der Waals surface area contributed by atoms with Crippen LogP contribution in [0.2, 0.25) is 0 Å². The average Bonchev–Trinajstić information content (AvgIpc) is 3.08. The van der Waals surface area contributed by atoms with Gasteiger partial charge < -0.3 is 9.64 Å². The number of ether oxygens (including phenoxy) is 1. The predicted molar refractivity (Wildman–Crippen MR) is 120 cm³/mol. The van der Waals surface area contributed by atoms with Crippen LogP contribution in [0.1, 0.15) is 45.2 Å². The largest absolute Gasteiger partial charge is 0.493 e. The molecule has 3 rings (SSSR count). The fraction of sp³-hybridized carbons (Fsp3) is 0.435. The molecule has 1 N–H and O–H groups in total. The monoisotopic (exact) mass is 430 g/mol. The number of hydrogen-bond donors (Lipinski definition) is 1. The molecule has 1 aliphatic rings. The van der Waals surface area contributed by atoms with Gasteiger partial charge in [0.15, 0.2) is 0 Å². The molecule has 0 aromatic heterocycles. The van der Waals surface area contributed by atoms with Gasteiger partial charge in [0.25, 0.3) is 10.0 Å². The highest BCUT2D eigenvalue weighted by molar-refractivity contribution is 7.92. The fourth-order valence-corrected chi connectivity index (χ4v) is 4.57. The van der Waals surface area contributed by atoms with E-state index in [1.165, 1.54) is 0 Å². The second kappa shape index (κ2) is 8.30. The van der Waals surface area contributed by atoms with Gasteiger partial charge in [-0.05, 0) is 61.2 Å². The second-order valence-corrected chi connectivity index (χ2v) is 10.4. The van der Waals surface area contributed by atoms with Gasteiger partial charge in [-0.15, -0.1) is 0 Å². The van der Waals surface area contributed by atoms with Crippen LogP contribution >= 0.6 is 0 Å². The van der Waals surface area contributed by atoms with E-state index < -0.39 is 15.4 Å². The number of amides is 1. The van der Waals surface area contributed by atoms with Crippen LogP contribution < -0.4 is 14.4 Å². The molecule has 0 radical (unpaired) electrons. The number of carbonyl (C=O) groups excluding carboxylic acids is 1. The lowest BCUT2D eigenvalue weighted by Gasteiger charge is -2.26. The number of rotatable bonds is 6. The van der Waals surface area contributed by atoms with Crippen LogP contribution in [0.25, 0.3) is 0 Å². The minimum absolute atomic E-state index is 0.0274. The molecule has 0 unspecified atom stereocenters. The molecule has 30 heavy (non-hydrogen) atoms. The molecule has 0 spiro atoms. The summed E-state index contributed by atoms with van der Waals surface area (Å²) in [5.74, 6) is 0.712. The van der Waals surface area contributed by atoms with Gasteiger partial charge in [0.2, 0.25) is 5.91 Å². The Hall–Kier alpha value is -2.54. The molecule has 0 fully saturated rings. The molecule has 1 heterocycles. The summed E-state index contributed by atoms with van der Waals surface area (Å²) in [7, 11) is -3.77. The van der Waals surface area contributed by atoms with Gasteiger partial charge in [-0.25, -0.2) is 8.42 Å². The van der Waals surface area contributed by atoms with Crippen molar-refractivity contribution in [2.75, 3.05) is 22.8 Å². The molecule has 1 aliphatic heterocycles. The van der Waals surface area contributed by atoms with Crippen molar-refractivity contribution in [3.05, 3.63) is 47.5 Å². The molecular formula is C23H30N2O4S. The topological polar surface area (TPSA) is 75.7 Å². The maximum absolute atomic E-state index is 12.9. The highest BCUT2D eigenvalue weighted by Crippen LogP contribution is 2.34. The summed E-state index contributed by atoms with van der Waals surface area (Å²) in [5.41, 5.74) is 2.52. The summed E-state index contributed by atoms with van der Waals surface area (Å²) < 4.78 is 34.1. The van der Waals surface area contributed by atoms with Crippen LogP contribution in [0.5, 0.6) is 5.75 Å². The first kappa shape index (κ1) is 22.2. The van der Waals surface area contributed by atoms with Crippen molar-refractivity contribution in [1.29, 1.82) is 0 Å². The van der Waals surface area contributed by atoms with E-state index in [4.69, 9.17) is 4.74 Å². The number of anilines is 2. The summed E-state index contributed by atoms with van der Waals surface area (Å²) in [6, 6.07) is 10.2. The predicted octanol–water partition coefficient (Wildman–Crippen LogP) is 4.52. The zero-order chi connectivity index (χ0) is 22.1. The third kappa shape index (κ3) is 4.61. The number of aryl methyl sites for hydroxylation is 1. The molecule has 0 atom stereocenters. The SMILES string of the molecule is CCCOc1ccc(S(=O)(=O)Nc2ccc3c(c2)N(C(=O)C(C)(C)C)CC3)cc1C. The minimum Gasteiger partial charge on any atom is -0.493 e. The van der Waals surface area contributed by atoms with Crippen LogP contribution in [0.4, 0.5) is 11.4 Å². The fourth-order valence-electron chi connectivity index (χ4n) is 3.44. The maximum atomic E-state index is 12.9. The molecule has 7 heteroatoms. The van der Waals surface area contributed by atoms with E-state index in [1.807, 2.05) is 40.7 Å². The van der Waals surface area contributed by atoms with Crippen LogP contribution in [-0.4, -0.2) is 27.5 Å². The quantitative estimate of drug-likeness (QED) is 0.731. The molecule has 2 aromatic rings. The lowest BCUT2D eigenvalue weighted by Crippen LogP contribution is -2.38. The highest BCUT2D eigenvalue weighted by atomic mass is 32.2. The van der Waals surface area contributed by atoms with E-state index in [1.54, 1.807) is 35.2 Å². The van der Waals surface area contributed by atoms with E-state index in [9.17, 15) is 13.2 Å². The van der Waals surface area contributed by atoms with Crippen LogP contribution in [0, 0.1) is 12.3 Å². The molecule has 0 bridgehead atoms. The van der Waals surface area contributed by atoms with Crippen LogP contribution in [0.15, 0.2) is 41.3 Å². The zero-order valence-electron chi connectivity index (χ0n) is 18.3. The van der Waals surface area contributed by atoms with Gasteiger partial charge in [0.05, 0.1) is 17.2 Å². The van der Waals surface area contributed by atoms with Crippen LogP contribution in [-0.2, 0) is 21.2 Å². The van der Waals surface area contributed by atoms with E-state index in [0.717, 1.165) is 29.7 Å². The Morgan fingerprint density at radius 1 is 1.17 bits per heavy atom. The molecule has 162 valence electrons. The van der Waals surface area contributed by atoms with Gasteiger partial charge in [0, 0.05) is 17.6 Å². The third-order valence-corrected chi connectivity index (χ3v) is 6.42. The first-order valence-corrected chi connectivity index (χ1v) is 11.7. The van der Waals surface area contributed by atoms with Crippen molar-refractivity contribution < 1.29 is 17.9 Å². The molecule has 1 amide bonds. The normalized spacial score (nSPS) is 13.8. The number of hydrogen-bond acceptors (Lipinski definition) is 4. The van der Waals surface area contributed by atoms with Crippen molar-refractivity contribution in [3.63, 3.8) is 0 Å². The molecule has 2 aromatic carbocycles. The number of sulfonamides is 1. The summed E-state index contributed by atoms with van der Waals surface area (Å²) in [6.45, 7) is 10.7. The number of carbonyl (C=O) groups is 1. The number of nitrogens with zero attached hydrogens (tertiary/aromatic N) is 1. The molecule has 6 nitrogen and oxygen atoms in total. The number of nitrogens with one attached hydrogen (secondary N) is 1. The Morgan fingerprint density at radius 3 is 2.53 bits per heavy atom. The van der Waals surface area contributed by atoms with E-state index in [2.05, 4.69) is 4.72 Å². The van der Waals surface area contributed by atoms with Crippen molar-refractivity contribution in [1.82, 2.24) is 0 Å². The van der Waals surface area contributed by atoms with Gasteiger partial charge in [0.1, 0.15) is 5.75 Å². The summed E-state index contributed by atoms with van der Waals surface area (Å²) in [5, 5.41) is 0. The van der Waals surface area contributed by atoms with Crippen molar-refractivity contribution in [2.24, 2.45) is 5.41 Å². The summed E-state index contributed by atoms with van der Waals surface area (Å²) in [4.78, 5) is 14.7.